The quantitative estimate of drug-likeness (QED) is 0.807. The molecule has 0 aliphatic carbocycles. The smallest absolute Gasteiger partial charge is 0.342 e. The predicted molar refractivity (Wildman–Crippen MR) is 73.1 cm³/mol. The molecular weight excluding hydrogens is 260 g/mol. The summed E-state index contributed by atoms with van der Waals surface area (Å²) >= 11 is 0. The van der Waals surface area contributed by atoms with E-state index in [9.17, 15) is 15.0 Å². The number of rotatable bonds is 5. The third kappa shape index (κ3) is 3.04. The highest BCUT2D eigenvalue weighted by Gasteiger charge is 2.30. The lowest BCUT2D eigenvalue weighted by Gasteiger charge is -2.27. The molecule has 5 heteroatoms. The average Bonchev–Trinajstić information content (AvgIpc) is 2.37. The first kappa shape index (κ1) is 14.7. The van der Waals surface area contributed by atoms with Gasteiger partial charge in [0.05, 0.1) is 13.2 Å². The van der Waals surface area contributed by atoms with Gasteiger partial charge in [-0.1, -0.05) is 13.3 Å². The molecule has 0 spiro atoms. The van der Waals surface area contributed by atoms with Crippen molar-refractivity contribution in [2.75, 3.05) is 7.11 Å². The minimum atomic E-state index is -0.542. The second-order valence-corrected chi connectivity index (χ2v) is 5.09. The van der Waals surface area contributed by atoms with Gasteiger partial charge in [0.2, 0.25) is 0 Å². The molecule has 1 aromatic rings. The SMILES string of the molecule is CCCC(O)CC1Cc2cc(OC)cc(O)c2C(=O)O1. The largest absolute Gasteiger partial charge is 0.507 e. The molecule has 0 aromatic heterocycles. The van der Waals surface area contributed by atoms with Gasteiger partial charge in [0.15, 0.2) is 0 Å². The summed E-state index contributed by atoms with van der Waals surface area (Å²) in [6, 6.07) is 3.13. The Morgan fingerprint density at radius 1 is 1.50 bits per heavy atom. The minimum absolute atomic E-state index is 0.128. The maximum absolute atomic E-state index is 12.0. The van der Waals surface area contributed by atoms with Gasteiger partial charge in [-0.15, -0.1) is 0 Å². The molecule has 5 nitrogen and oxygen atoms in total. The molecule has 2 N–H and O–H groups in total. The van der Waals surface area contributed by atoms with E-state index < -0.39 is 12.1 Å². The summed E-state index contributed by atoms with van der Waals surface area (Å²) in [5.41, 5.74) is 0.902. The number of aliphatic hydroxyl groups excluding tert-OH is 1. The van der Waals surface area contributed by atoms with E-state index in [1.165, 1.54) is 13.2 Å². The lowest BCUT2D eigenvalue weighted by molar-refractivity contribution is 0.00880. The molecule has 2 unspecified atom stereocenters. The standard InChI is InChI=1S/C15H20O5/c1-3-4-10(16)7-12-6-9-5-11(19-2)8-13(17)14(9)15(18)20-12/h5,8,10,12,16-17H,3-4,6-7H2,1-2H3. The number of hydrogen-bond acceptors (Lipinski definition) is 5. The monoisotopic (exact) mass is 280 g/mol. The van der Waals surface area contributed by atoms with Gasteiger partial charge in [-0.05, 0) is 18.1 Å². The number of carbonyl (C=O) groups is 1. The van der Waals surface area contributed by atoms with Gasteiger partial charge in [0.25, 0.3) is 0 Å². The highest BCUT2D eigenvalue weighted by atomic mass is 16.5. The maximum Gasteiger partial charge on any atom is 0.342 e. The Morgan fingerprint density at radius 3 is 2.90 bits per heavy atom. The van der Waals surface area contributed by atoms with E-state index >= 15 is 0 Å². The molecule has 1 heterocycles. The van der Waals surface area contributed by atoms with Crippen LogP contribution in [0.25, 0.3) is 0 Å². The molecule has 2 atom stereocenters. The van der Waals surface area contributed by atoms with Crippen molar-refractivity contribution < 1.29 is 24.5 Å². The summed E-state index contributed by atoms with van der Waals surface area (Å²) in [5.74, 6) is -0.166. The zero-order valence-corrected chi connectivity index (χ0v) is 11.8. The van der Waals surface area contributed by atoms with Crippen LogP contribution in [0.1, 0.15) is 42.1 Å². The van der Waals surface area contributed by atoms with Gasteiger partial charge in [-0.25, -0.2) is 4.79 Å². The highest BCUT2D eigenvalue weighted by molar-refractivity contribution is 5.95. The van der Waals surface area contributed by atoms with Crippen molar-refractivity contribution in [2.45, 2.75) is 44.8 Å². The van der Waals surface area contributed by atoms with Crippen LogP contribution in [0.2, 0.25) is 0 Å². The van der Waals surface area contributed by atoms with Gasteiger partial charge in [-0.2, -0.15) is 0 Å². The van der Waals surface area contributed by atoms with Gasteiger partial charge in [0, 0.05) is 18.9 Å². The summed E-state index contributed by atoms with van der Waals surface area (Å²) in [6.45, 7) is 1.99. The van der Waals surface area contributed by atoms with E-state index in [2.05, 4.69) is 0 Å². The van der Waals surface area contributed by atoms with Crippen LogP contribution < -0.4 is 4.74 Å². The third-order valence-corrected chi connectivity index (χ3v) is 3.49. The lowest BCUT2D eigenvalue weighted by atomic mass is 9.94. The Bertz CT molecular complexity index is 497. The van der Waals surface area contributed by atoms with E-state index in [4.69, 9.17) is 9.47 Å². The van der Waals surface area contributed by atoms with Crippen LogP contribution in [0.5, 0.6) is 11.5 Å². The number of aromatic hydroxyl groups is 1. The molecule has 2 rings (SSSR count). The van der Waals surface area contributed by atoms with Crippen molar-refractivity contribution in [1.82, 2.24) is 0 Å². The first-order valence-electron chi connectivity index (χ1n) is 6.84. The first-order valence-corrected chi connectivity index (χ1v) is 6.84. The number of aliphatic hydroxyl groups is 1. The molecule has 110 valence electrons. The number of phenols is 1. The number of methoxy groups -OCH3 is 1. The molecule has 0 radical (unpaired) electrons. The van der Waals surface area contributed by atoms with Crippen LogP contribution in [-0.4, -0.2) is 35.5 Å². The van der Waals surface area contributed by atoms with Crippen molar-refractivity contribution in [1.29, 1.82) is 0 Å². The van der Waals surface area contributed by atoms with Crippen molar-refractivity contribution in [2.24, 2.45) is 0 Å². The first-order chi connectivity index (χ1) is 9.55. The Hall–Kier alpha value is -1.75. The minimum Gasteiger partial charge on any atom is -0.507 e. The molecule has 0 amide bonds. The van der Waals surface area contributed by atoms with Crippen molar-refractivity contribution >= 4 is 5.97 Å². The Labute approximate surface area is 118 Å². The zero-order chi connectivity index (χ0) is 14.7. The maximum atomic E-state index is 12.0. The number of phenolic OH excluding ortho intramolecular Hbond substituents is 1. The van der Waals surface area contributed by atoms with Gasteiger partial charge in [-0.3, -0.25) is 0 Å². The van der Waals surface area contributed by atoms with Gasteiger partial charge in [0.1, 0.15) is 23.2 Å². The molecule has 1 aliphatic heterocycles. The average molecular weight is 280 g/mol. The molecule has 0 fully saturated rings. The fourth-order valence-electron chi connectivity index (χ4n) is 2.55. The Balaban J connectivity index is 2.20. The van der Waals surface area contributed by atoms with Gasteiger partial charge >= 0.3 is 5.97 Å². The molecular formula is C15H20O5. The fraction of sp³-hybridized carbons (Fsp3) is 0.533. The number of carbonyl (C=O) groups excluding carboxylic acids is 1. The normalized spacial score (nSPS) is 19.1. The third-order valence-electron chi connectivity index (χ3n) is 3.49. The van der Waals surface area contributed by atoms with E-state index in [1.807, 2.05) is 6.92 Å². The zero-order valence-electron chi connectivity index (χ0n) is 11.8. The van der Waals surface area contributed by atoms with Crippen LogP contribution in [0.3, 0.4) is 0 Å². The summed E-state index contributed by atoms with van der Waals surface area (Å²) in [6.07, 6.45) is 1.63. The molecule has 0 saturated heterocycles. The molecule has 1 aliphatic rings. The lowest BCUT2D eigenvalue weighted by Crippen LogP contribution is -2.31. The van der Waals surface area contributed by atoms with Gasteiger partial charge < -0.3 is 19.7 Å². The molecule has 20 heavy (non-hydrogen) atoms. The second-order valence-electron chi connectivity index (χ2n) is 5.09. The van der Waals surface area contributed by atoms with Crippen molar-refractivity contribution in [3.05, 3.63) is 23.3 Å². The number of benzene rings is 1. The fourth-order valence-corrected chi connectivity index (χ4v) is 2.55. The number of ether oxygens (including phenoxy) is 2. The number of esters is 1. The van der Waals surface area contributed by atoms with E-state index in [-0.39, 0.29) is 17.4 Å². The van der Waals surface area contributed by atoms with Crippen LogP contribution in [0, 0.1) is 0 Å². The highest BCUT2D eigenvalue weighted by Crippen LogP contribution is 2.33. The van der Waals surface area contributed by atoms with Crippen LogP contribution >= 0.6 is 0 Å². The summed E-state index contributed by atoms with van der Waals surface area (Å²) in [7, 11) is 1.50. The Morgan fingerprint density at radius 2 is 2.25 bits per heavy atom. The second kappa shape index (κ2) is 6.13. The van der Waals surface area contributed by atoms with Crippen LogP contribution in [-0.2, 0) is 11.2 Å². The number of fused-ring (bicyclic) bond motifs is 1. The Kier molecular flexibility index (Phi) is 4.49. The van der Waals surface area contributed by atoms with Crippen LogP contribution in [0.15, 0.2) is 12.1 Å². The summed E-state index contributed by atoms with van der Waals surface area (Å²) in [5, 5.41) is 19.7. The summed E-state index contributed by atoms with van der Waals surface area (Å²) < 4.78 is 10.4. The molecule has 1 aromatic carbocycles. The van der Waals surface area contributed by atoms with Crippen molar-refractivity contribution in [3.63, 3.8) is 0 Å². The van der Waals surface area contributed by atoms with E-state index in [0.29, 0.717) is 30.6 Å². The van der Waals surface area contributed by atoms with E-state index in [1.54, 1.807) is 6.07 Å². The molecule has 0 saturated carbocycles. The number of cyclic esters (lactones) is 1. The topological polar surface area (TPSA) is 76.0 Å². The predicted octanol–water partition coefficient (Wildman–Crippen LogP) is 2.03. The molecule has 0 bridgehead atoms. The van der Waals surface area contributed by atoms with E-state index in [0.717, 1.165) is 6.42 Å². The summed E-state index contributed by atoms with van der Waals surface area (Å²) in [4.78, 5) is 12.0. The van der Waals surface area contributed by atoms with Crippen LogP contribution in [0.4, 0.5) is 0 Å². The van der Waals surface area contributed by atoms with Crippen molar-refractivity contribution in [3.8, 4) is 11.5 Å². The number of hydrogen-bond donors (Lipinski definition) is 2.